The summed E-state index contributed by atoms with van der Waals surface area (Å²) in [5.74, 6) is 0. The van der Waals surface area contributed by atoms with Crippen LogP contribution in [0.15, 0.2) is 30.5 Å². The number of rotatable bonds is 0. The number of hydrogen-bond acceptors (Lipinski definition) is 2. The summed E-state index contributed by atoms with van der Waals surface area (Å²) in [6.45, 7) is 0. The minimum atomic E-state index is -1.02. The molecule has 0 aliphatic carbocycles. The van der Waals surface area contributed by atoms with Gasteiger partial charge in [-0.2, -0.15) is 5.01 Å². The maximum atomic E-state index is 10.6. The number of hydrogen-bond donors (Lipinski definition) is 2. The summed E-state index contributed by atoms with van der Waals surface area (Å²) >= 11 is 0. The average molecular weight is 176 g/mol. The molecule has 1 aliphatic rings. The molecule has 0 atom stereocenters. The first-order chi connectivity index (χ1) is 6.27. The van der Waals surface area contributed by atoms with Crippen molar-refractivity contribution < 1.29 is 9.90 Å². The lowest BCUT2D eigenvalue weighted by molar-refractivity contribution is 0.170. The van der Waals surface area contributed by atoms with Gasteiger partial charge in [-0.25, -0.2) is 4.79 Å². The standard InChI is InChI=1S/C9H8N2O2/c12-9(13)11-6-5-7-3-1-2-4-8(7)10-11/h1-6,10H,(H,12,13). The maximum Gasteiger partial charge on any atom is 0.430 e. The highest BCUT2D eigenvalue weighted by Crippen LogP contribution is 2.21. The van der Waals surface area contributed by atoms with Crippen LogP contribution in [0.25, 0.3) is 6.08 Å². The van der Waals surface area contributed by atoms with Crippen molar-refractivity contribution in [1.82, 2.24) is 5.01 Å². The number of anilines is 1. The van der Waals surface area contributed by atoms with E-state index in [-0.39, 0.29) is 0 Å². The van der Waals surface area contributed by atoms with Crippen LogP contribution < -0.4 is 5.43 Å². The van der Waals surface area contributed by atoms with Crippen LogP contribution in [0.1, 0.15) is 5.56 Å². The second-order valence-corrected chi connectivity index (χ2v) is 2.67. The number of carbonyl (C=O) groups is 1. The molecule has 2 rings (SSSR count). The molecule has 0 radical (unpaired) electrons. The van der Waals surface area contributed by atoms with E-state index in [2.05, 4.69) is 5.43 Å². The molecule has 1 aromatic rings. The SMILES string of the molecule is O=C(O)N1C=Cc2ccccc2N1. The van der Waals surface area contributed by atoms with Crippen molar-refractivity contribution in [2.75, 3.05) is 5.43 Å². The molecule has 2 N–H and O–H groups in total. The van der Waals surface area contributed by atoms with Crippen molar-refractivity contribution in [3.05, 3.63) is 36.0 Å². The third-order valence-electron chi connectivity index (χ3n) is 1.81. The molecule has 0 bridgehead atoms. The molecule has 13 heavy (non-hydrogen) atoms. The van der Waals surface area contributed by atoms with E-state index in [1.54, 1.807) is 6.08 Å². The van der Waals surface area contributed by atoms with E-state index in [1.807, 2.05) is 24.3 Å². The molecule has 0 aromatic heterocycles. The van der Waals surface area contributed by atoms with Gasteiger partial charge in [0, 0.05) is 11.8 Å². The average Bonchev–Trinajstić information content (AvgIpc) is 2.17. The Hall–Kier alpha value is -1.97. The minimum absolute atomic E-state index is 0.799. The number of benzene rings is 1. The molecule has 0 saturated carbocycles. The van der Waals surface area contributed by atoms with Crippen molar-refractivity contribution in [3.8, 4) is 0 Å². The molecule has 4 heteroatoms. The van der Waals surface area contributed by atoms with Crippen LogP contribution in [0.2, 0.25) is 0 Å². The zero-order valence-electron chi connectivity index (χ0n) is 6.77. The summed E-state index contributed by atoms with van der Waals surface area (Å²) in [4.78, 5) is 10.6. The molecule has 0 unspecified atom stereocenters. The van der Waals surface area contributed by atoms with Gasteiger partial charge in [0.05, 0.1) is 5.69 Å². The zero-order chi connectivity index (χ0) is 9.26. The molecule has 1 heterocycles. The number of nitrogens with zero attached hydrogens (tertiary/aromatic N) is 1. The van der Waals surface area contributed by atoms with E-state index in [9.17, 15) is 4.79 Å². The molecule has 1 amide bonds. The first-order valence-corrected chi connectivity index (χ1v) is 3.83. The van der Waals surface area contributed by atoms with Crippen LogP contribution in [0.3, 0.4) is 0 Å². The lowest BCUT2D eigenvalue weighted by Gasteiger charge is -2.22. The van der Waals surface area contributed by atoms with Gasteiger partial charge in [0.1, 0.15) is 0 Å². The van der Waals surface area contributed by atoms with Gasteiger partial charge >= 0.3 is 6.09 Å². The minimum Gasteiger partial charge on any atom is -0.463 e. The molecular formula is C9H8N2O2. The first kappa shape index (κ1) is 7.67. The monoisotopic (exact) mass is 176 g/mol. The lowest BCUT2D eigenvalue weighted by atomic mass is 10.1. The summed E-state index contributed by atoms with van der Waals surface area (Å²) in [6, 6.07) is 7.50. The van der Waals surface area contributed by atoms with Crippen LogP contribution in [0.5, 0.6) is 0 Å². The van der Waals surface area contributed by atoms with Crippen LogP contribution in [0, 0.1) is 0 Å². The van der Waals surface area contributed by atoms with Crippen LogP contribution in [-0.2, 0) is 0 Å². The predicted octanol–water partition coefficient (Wildman–Crippen LogP) is 1.98. The van der Waals surface area contributed by atoms with Crippen molar-refractivity contribution in [2.45, 2.75) is 0 Å². The second-order valence-electron chi connectivity index (χ2n) is 2.67. The Morgan fingerprint density at radius 1 is 1.38 bits per heavy atom. The Bertz CT molecular complexity index is 374. The summed E-state index contributed by atoms with van der Waals surface area (Å²) in [7, 11) is 0. The van der Waals surface area contributed by atoms with Gasteiger partial charge in [-0.3, -0.25) is 5.43 Å². The summed E-state index contributed by atoms with van der Waals surface area (Å²) in [6.07, 6.45) is 2.20. The molecule has 66 valence electrons. The van der Waals surface area contributed by atoms with E-state index >= 15 is 0 Å². The molecule has 4 nitrogen and oxygen atoms in total. The van der Waals surface area contributed by atoms with Crippen molar-refractivity contribution >= 4 is 17.9 Å². The molecular weight excluding hydrogens is 168 g/mol. The van der Waals surface area contributed by atoms with Crippen molar-refractivity contribution in [3.63, 3.8) is 0 Å². The number of carboxylic acid groups (broad SMARTS) is 1. The largest absolute Gasteiger partial charge is 0.463 e. The molecule has 0 spiro atoms. The van der Waals surface area contributed by atoms with Crippen molar-refractivity contribution in [1.29, 1.82) is 0 Å². The third kappa shape index (κ3) is 1.33. The van der Waals surface area contributed by atoms with E-state index in [1.165, 1.54) is 6.20 Å². The fourth-order valence-electron chi connectivity index (χ4n) is 1.18. The first-order valence-electron chi connectivity index (χ1n) is 3.83. The smallest absolute Gasteiger partial charge is 0.430 e. The number of nitrogens with one attached hydrogen (secondary N) is 1. The van der Waals surface area contributed by atoms with Crippen LogP contribution in [-0.4, -0.2) is 16.2 Å². The molecule has 0 fully saturated rings. The van der Waals surface area contributed by atoms with Gasteiger partial charge < -0.3 is 5.11 Å². The van der Waals surface area contributed by atoms with Crippen LogP contribution in [0.4, 0.5) is 10.5 Å². The summed E-state index contributed by atoms with van der Waals surface area (Å²) in [5.41, 5.74) is 4.53. The highest BCUT2D eigenvalue weighted by molar-refractivity contribution is 5.77. The highest BCUT2D eigenvalue weighted by atomic mass is 16.4. The van der Waals surface area contributed by atoms with Gasteiger partial charge in [-0.15, -0.1) is 0 Å². The fraction of sp³-hybridized carbons (Fsp3) is 0. The van der Waals surface area contributed by atoms with Gasteiger partial charge in [0.2, 0.25) is 0 Å². The summed E-state index contributed by atoms with van der Waals surface area (Å²) in [5, 5.41) is 9.69. The van der Waals surface area contributed by atoms with E-state index in [4.69, 9.17) is 5.11 Å². The maximum absolute atomic E-state index is 10.6. The van der Waals surface area contributed by atoms with Gasteiger partial charge in [0.15, 0.2) is 0 Å². The van der Waals surface area contributed by atoms with Gasteiger partial charge in [-0.1, -0.05) is 18.2 Å². The molecule has 1 aromatic carbocycles. The van der Waals surface area contributed by atoms with Crippen molar-refractivity contribution in [2.24, 2.45) is 0 Å². The topological polar surface area (TPSA) is 52.6 Å². The number of hydrazine groups is 1. The van der Waals surface area contributed by atoms with E-state index < -0.39 is 6.09 Å². The van der Waals surface area contributed by atoms with E-state index in [0.29, 0.717) is 0 Å². The lowest BCUT2D eigenvalue weighted by Crippen LogP contribution is -2.31. The normalized spacial score (nSPS) is 13.4. The third-order valence-corrected chi connectivity index (χ3v) is 1.81. The molecule has 1 aliphatic heterocycles. The Morgan fingerprint density at radius 2 is 2.15 bits per heavy atom. The Labute approximate surface area is 75.1 Å². The second kappa shape index (κ2) is 2.82. The molecule has 0 saturated heterocycles. The fourth-order valence-corrected chi connectivity index (χ4v) is 1.18. The zero-order valence-corrected chi connectivity index (χ0v) is 6.77. The Morgan fingerprint density at radius 3 is 2.92 bits per heavy atom. The Balaban J connectivity index is 2.34. The Kier molecular flexibility index (Phi) is 1.66. The number of para-hydroxylation sites is 1. The number of amides is 1. The summed E-state index contributed by atoms with van der Waals surface area (Å²) < 4.78 is 0. The van der Waals surface area contributed by atoms with E-state index in [0.717, 1.165) is 16.3 Å². The van der Waals surface area contributed by atoms with Gasteiger partial charge in [-0.05, 0) is 12.1 Å². The van der Waals surface area contributed by atoms with Gasteiger partial charge in [0.25, 0.3) is 0 Å². The van der Waals surface area contributed by atoms with Crippen LogP contribution >= 0.6 is 0 Å². The number of fused-ring (bicyclic) bond motifs is 1. The highest BCUT2D eigenvalue weighted by Gasteiger charge is 2.13. The quantitative estimate of drug-likeness (QED) is 0.635. The predicted molar refractivity (Wildman–Crippen MR) is 49.0 cm³/mol.